The molecule has 17 heteroatoms. The van der Waals surface area contributed by atoms with Gasteiger partial charge in [0.05, 0.1) is 0 Å². The van der Waals surface area contributed by atoms with Crippen LogP contribution in [0, 0.1) is 0 Å². The van der Waals surface area contributed by atoms with Crippen molar-refractivity contribution >= 4 is 6.08 Å². The third-order valence-corrected chi connectivity index (χ3v) is 4.27. The molecule has 1 aromatic carbocycles. The highest BCUT2D eigenvalue weighted by molar-refractivity contribution is 5.48. The van der Waals surface area contributed by atoms with Crippen LogP contribution in [0.5, 0.6) is 0 Å². The molecule has 0 saturated carbocycles. The van der Waals surface area contributed by atoms with Gasteiger partial charge in [-0.1, -0.05) is 42.5 Å². The fraction of sp³-hybridized carbons (Fsp3) is 0.529. The lowest BCUT2D eigenvalue weighted by Crippen LogP contribution is -2.74. The van der Waals surface area contributed by atoms with Crippen molar-refractivity contribution in [3.63, 3.8) is 0 Å². The topological polar surface area (TPSA) is 0 Å². The van der Waals surface area contributed by atoms with Gasteiger partial charge in [0.15, 0.2) is 0 Å². The summed E-state index contributed by atoms with van der Waals surface area (Å²) in [5.41, 5.74) is -0.0423. The van der Waals surface area contributed by atoms with Crippen LogP contribution < -0.4 is 0 Å². The maximum absolute atomic E-state index is 13.7. The summed E-state index contributed by atoms with van der Waals surface area (Å²) in [5, 5.41) is 0. The molecule has 1 aromatic rings. The van der Waals surface area contributed by atoms with Gasteiger partial charge in [0.25, 0.3) is 0 Å². The first kappa shape index (κ1) is 29.8. The van der Waals surface area contributed by atoms with Gasteiger partial charge in [0.2, 0.25) is 0 Å². The molecule has 0 aliphatic rings. The maximum atomic E-state index is 13.7. The van der Waals surface area contributed by atoms with E-state index in [0.29, 0.717) is 6.08 Å². The van der Waals surface area contributed by atoms with Crippen molar-refractivity contribution in [2.45, 2.75) is 54.1 Å². The van der Waals surface area contributed by atoms with Crippen LogP contribution >= 0.6 is 0 Å². The van der Waals surface area contributed by atoms with Gasteiger partial charge in [-0.2, -0.15) is 74.6 Å². The molecule has 0 amide bonds. The largest absolute Gasteiger partial charge is 0.460 e. The van der Waals surface area contributed by atoms with Gasteiger partial charge < -0.3 is 0 Å². The number of hydrogen-bond acceptors (Lipinski definition) is 0. The molecular formula is C17H9F17. The summed E-state index contributed by atoms with van der Waals surface area (Å²) in [4.78, 5) is 0. The Morgan fingerprint density at radius 3 is 1.21 bits per heavy atom. The number of allylic oxidation sites excluding steroid dienone is 1. The van der Waals surface area contributed by atoms with Crippen molar-refractivity contribution in [1.82, 2.24) is 0 Å². The third kappa shape index (κ3) is 4.29. The summed E-state index contributed by atoms with van der Waals surface area (Å²) in [6.07, 6.45) is -9.84. The number of rotatable bonds is 9. The monoisotopic (exact) mass is 536 g/mol. The molecule has 0 radical (unpaired) electrons. The van der Waals surface area contributed by atoms with E-state index >= 15 is 0 Å². The Bertz CT molecular complexity index is 864. The highest BCUT2D eigenvalue weighted by atomic mass is 19.4. The van der Waals surface area contributed by atoms with E-state index < -0.39 is 54.1 Å². The fourth-order valence-electron chi connectivity index (χ4n) is 2.23. The lowest BCUT2D eigenvalue weighted by Gasteiger charge is -2.42. The second-order valence-corrected chi connectivity index (χ2v) is 6.67. The van der Waals surface area contributed by atoms with Crippen LogP contribution in [0.1, 0.15) is 12.0 Å². The molecule has 1 rings (SSSR count). The Morgan fingerprint density at radius 2 is 0.824 bits per heavy atom. The van der Waals surface area contributed by atoms with Crippen molar-refractivity contribution in [1.29, 1.82) is 0 Å². The lowest BCUT2D eigenvalue weighted by atomic mass is 9.88. The second kappa shape index (κ2) is 8.46. The Morgan fingerprint density at radius 1 is 0.471 bits per heavy atom. The number of benzene rings is 1. The molecule has 0 aliphatic heterocycles. The average molecular weight is 536 g/mol. The molecule has 0 aromatic heterocycles. The fourth-order valence-corrected chi connectivity index (χ4v) is 2.23. The highest BCUT2D eigenvalue weighted by Crippen LogP contribution is 2.64. The summed E-state index contributed by atoms with van der Waals surface area (Å²) < 4.78 is 223. The van der Waals surface area contributed by atoms with Gasteiger partial charge in [-0.05, 0) is 5.56 Å². The summed E-state index contributed by atoms with van der Waals surface area (Å²) in [6, 6.07) is 6.18. The maximum Gasteiger partial charge on any atom is 0.460 e. The predicted molar refractivity (Wildman–Crippen MR) is 80.8 cm³/mol. The lowest BCUT2D eigenvalue weighted by molar-refractivity contribution is -0.461. The molecule has 196 valence electrons. The highest BCUT2D eigenvalue weighted by Gasteiger charge is 2.95. The van der Waals surface area contributed by atoms with E-state index in [1.165, 1.54) is 18.2 Å². The predicted octanol–water partition coefficient (Wildman–Crippen LogP) is 8.10. The molecule has 0 N–H and O–H groups in total. The zero-order valence-electron chi connectivity index (χ0n) is 15.7. The average Bonchev–Trinajstić information content (AvgIpc) is 2.66. The molecule has 0 nitrogen and oxygen atoms in total. The van der Waals surface area contributed by atoms with Gasteiger partial charge >= 0.3 is 47.6 Å². The van der Waals surface area contributed by atoms with Gasteiger partial charge in [-0.25, -0.2) is 0 Å². The molecule has 0 unspecified atom stereocenters. The third-order valence-electron chi connectivity index (χ3n) is 4.27. The van der Waals surface area contributed by atoms with Gasteiger partial charge in [0.1, 0.15) is 0 Å². The van der Waals surface area contributed by atoms with E-state index in [-0.39, 0.29) is 11.6 Å². The van der Waals surface area contributed by atoms with Crippen LogP contribution in [-0.4, -0.2) is 47.6 Å². The van der Waals surface area contributed by atoms with Gasteiger partial charge in [0, 0.05) is 6.42 Å². The first-order valence-corrected chi connectivity index (χ1v) is 8.26. The van der Waals surface area contributed by atoms with E-state index in [4.69, 9.17) is 0 Å². The summed E-state index contributed by atoms with van der Waals surface area (Å²) in [6.45, 7) is 0. The molecule has 0 saturated heterocycles. The van der Waals surface area contributed by atoms with E-state index in [9.17, 15) is 74.6 Å². The Kier molecular flexibility index (Phi) is 7.42. The number of hydrogen-bond donors (Lipinski definition) is 0. The van der Waals surface area contributed by atoms with Crippen molar-refractivity contribution in [3.05, 3.63) is 42.0 Å². The van der Waals surface area contributed by atoms with Crippen LogP contribution in [0.3, 0.4) is 0 Å². The zero-order chi connectivity index (χ0) is 27.2. The van der Waals surface area contributed by atoms with Crippen LogP contribution in [0.15, 0.2) is 36.4 Å². The first-order chi connectivity index (χ1) is 14.8. The second-order valence-electron chi connectivity index (χ2n) is 6.67. The van der Waals surface area contributed by atoms with E-state index in [2.05, 4.69) is 0 Å². The van der Waals surface area contributed by atoms with Crippen molar-refractivity contribution in [2.75, 3.05) is 0 Å². The van der Waals surface area contributed by atoms with Gasteiger partial charge in [-0.3, -0.25) is 0 Å². The van der Waals surface area contributed by atoms with Crippen molar-refractivity contribution < 1.29 is 74.6 Å². The van der Waals surface area contributed by atoms with Crippen LogP contribution in [0.2, 0.25) is 0 Å². The minimum Gasteiger partial charge on any atom is -0.199 e. The van der Waals surface area contributed by atoms with Gasteiger partial charge in [-0.15, -0.1) is 0 Å². The summed E-state index contributed by atoms with van der Waals surface area (Å²) >= 11 is 0. The molecule has 0 heterocycles. The Labute approximate surface area is 178 Å². The first-order valence-electron chi connectivity index (χ1n) is 8.26. The Balaban J connectivity index is 3.46. The molecule has 0 bridgehead atoms. The van der Waals surface area contributed by atoms with Crippen LogP contribution in [-0.2, 0) is 0 Å². The quantitative estimate of drug-likeness (QED) is 0.280. The molecule has 0 aliphatic carbocycles. The SMILES string of the molecule is FC(F)(F)C(F)(F)C(F)(F)C(F)(F)C(F)(F)C(F)(F)C(F)(F)C(F)(F)C/C=C/c1ccccc1. The van der Waals surface area contributed by atoms with E-state index in [1.54, 1.807) is 0 Å². The minimum atomic E-state index is -8.61. The molecular weight excluding hydrogens is 527 g/mol. The number of halogens is 17. The van der Waals surface area contributed by atoms with Crippen LogP contribution in [0.4, 0.5) is 74.6 Å². The summed E-state index contributed by atoms with van der Waals surface area (Å²) in [7, 11) is 0. The van der Waals surface area contributed by atoms with Crippen molar-refractivity contribution in [2.24, 2.45) is 0 Å². The smallest absolute Gasteiger partial charge is 0.199 e. The van der Waals surface area contributed by atoms with Crippen molar-refractivity contribution in [3.8, 4) is 0 Å². The number of alkyl halides is 17. The molecule has 0 fully saturated rings. The minimum absolute atomic E-state index is 0.0258. The zero-order valence-corrected chi connectivity index (χ0v) is 15.7. The van der Waals surface area contributed by atoms with E-state index in [0.717, 1.165) is 12.1 Å². The normalized spacial score (nSPS) is 15.8. The molecule has 34 heavy (non-hydrogen) atoms. The summed E-state index contributed by atoms with van der Waals surface area (Å²) in [5.74, 6) is -56.1. The standard InChI is InChI=1S/C17H9F17/c18-10(19,8-4-7-9-5-2-1-3-6-9)11(20,21)12(22,23)13(24,25)14(26,27)15(28,29)16(30,31)17(32,33)34/h1-7H,8H2/b7-4+. The van der Waals surface area contributed by atoms with Crippen LogP contribution in [0.25, 0.3) is 6.08 Å². The van der Waals surface area contributed by atoms with E-state index in [1.807, 2.05) is 0 Å². The molecule has 0 spiro atoms. The Hall–Kier alpha value is -2.23. The molecule has 0 atom stereocenters.